The zero-order valence-electron chi connectivity index (χ0n) is 20.2. The maximum Gasteiger partial charge on any atom is 0.409 e. The van der Waals surface area contributed by atoms with Crippen molar-refractivity contribution in [1.82, 2.24) is 14.5 Å². The fourth-order valence-electron chi connectivity index (χ4n) is 5.63. The van der Waals surface area contributed by atoms with E-state index in [1.807, 2.05) is 16.7 Å². The number of carboxylic acids is 1. The van der Waals surface area contributed by atoms with Gasteiger partial charge in [-0.15, -0.1) is 0 Å². The summed E-state index contributed by atoms with van der Waals surface area (Å²) in [5, 5.41) is 10.1. The summed E-state index contributed by atoms with van der Waals surface area (Å²) in [5.41, 5.74) is 3.80. The number of fused-ring (bicyclic) bond motifs is 3. The molecule has 5 rings (SSSR count). The second-order valence-electron chi connectivity index (χ2n) is 9.69. The number of imidazole rings is 1. The number of carboxylic acid groups (broad SMARTS) is 1. The smallest absolute Gasteiger partial charge is 0.409 e. The van der Waals surface area contributed by atoms with E-state index < -0.39 is 29.6 Å². The number of hydrogen-bond donors (Lipinski definition) is 1. The van der Waals surface area contributed by atoms with Gasteiger partial charge in [-0.1, -0.05) is 31.4 Å². The minimum Gasteiger partial charge on any atom is -0.481 e. The highest BCUT2D eigenvalue weighted by Crippen LogP contribution is 2.37. The summed E-state index contributed by atoms with van der Waals surface area (Å²) in [6, 6.07) is 7.23. The maximum absolute atomic E-state index is 14.0. The first-order chi connectivity index (χ1) is 17.4. The van der Waals surface area contributed by atoms with E-state index in [4.69, 9.17) is 9.72 Å². The Kier molecular flexibility index (Phi) is 6.64. The molecule has 7 nitrogen and oxygen atoms in total. The predicted octanol–water partition coefficient (Wildman–Crippen LogP) is 5.36. The van der Waals surface area contributed by atoms with Gasteiger partial charge in [0.25, 0.3) is 0 Å². The highest BCUT2D eigenvalue weighted by atomic mass is 19.2. The van der Waals surface area contributed by atoms with Gasteiger partial charge in [0.05, 0.1) is 30.6 Å². The number of aromatic nitrogens is 2. The van der Waals surface area contributed by atoms with Crippen LogP contribution in [-0.2, 0) is 29.0 Å². The van der Waals surface area contributed by atoms with E-state index in [0.29, 0.717) is 19.5 Å². The Morgan fingerprint density at radius 1 is 1.14 bits per heavy atom. The van der Waals surface area contributed by atoms with Gasteiger partial charge in [-0.05, 0) is 48.6 Å². The Labute approximate surface area is 207 Å². The zero-order valence-corrected chi connectivity index (χ0v) is 20.2. The molecule has 0 spiro atoms. The number of halogens is 2. The summed E-state index contributed by atoms with van der Waals surface area (Å²) >= 11 is 0. The summed E-state index contributed by atoms with van der Waals surface area (Å²) in [7, 11) is 1.36. The molecule has 1 fully saturated rings. The topological polar surface area (TPSA) is 84.7 Å². The van der Waals surface area contributed by atoms with Crippen LogP contribution in [0.3, 0.4) is 0 Å². The second-order valence-corrected chi connectivity index (χ2v) is 9.69. The Morgan fingerprint density at radius 3 is 2.61 bits per heavy atom. The fourth-order valence-corrected chi connectivity index (χ4v) is 5.63. The largest absolute Gasteiger partial charge is 0.481 e. The molecule has 0 saturated heterocycles. The SMILES string of the molecule is COC(=O)N1CCc2ccc3c(nc(C4CCCCC4)n3C[C@H](C(=O)O)c3ccc(F)c(F)c3)c2C1. The normalized spacial score (nSPS) is 17.1. The number of carbonyl (C=O) groups excluding carboxylic acids is 1. The molecule has 1 saturated carbocycles. The van der Waals surface area contributed by atoms with Crippen LogP contribution in [0.1, 0.15) is 66.5 Å². The molecule has 0 unspecified atom stereocenters. The van der Waals surface area contributed by atoms with E-state index in [9.17, 15) is 23.5 Å². The first-order valence-corrected chi connectivity index (χ1v) is 12.4. The van der Waals surface area contributed by atoms with Crippen LogP contribution in [0.15, 0.2) is 30.3 Å². The molecule has 3 aromatic rings. The number of rotatable bonds is 5. The first kappa shape index (κ1) is 24.2. The van der Waals surface area contributed by atoms with Gasteiger partial charge in [-0.25, -0.2) is 18.6 Å². The van der Waals surface area contributed by atoms with E-state index in [2.05, 4.69) is 0 Å². The van der Waals surface area contributed by atoms with Gasteiger partial charge in [-0.3, -0.25) is 4.79 Å². The van der Waals surface area contributed by atoms with Gasteiger partial charge in [0, 0.05) is 24.6 Å². The molecular formula is C27H29F2N3O4. The molecule has 1 aromatic heterocycles. The quantitative estimate of drug-likeness (QED) is 0.513. The summed E-state index contributed by atoms with van der Waals surface area (Å²) in [6.07, 6.45) is 5.52. The highest BCUT2D eigenvalue weighted by Gasteiger charge is 2.30. The fraction of sp³-hybridized carbons (Fsp3) is 0.444. The van der Waals surface area contributed by atoms with Gasteiger partial charge in [0.15, 0.2) is 11.6 Å². The van der Waals surface area contributed by atoms with Crippen molar-refractivity contribution in [3.8, 4) is 0 Å². The lowest BCUT2D eigenvalue weighted by Gasteiger charge is -2.27. The van der Waals surface area contributed by atoms with Crippen LogP contribution in [-0.4, -0.2) is 45.3 Å². The average Bonchev–Trinajstić information content (AvgIpc) is 3.27. The third-order valence-corrected chi connectivity index (χ3v) is 7.56. The third kappa shape index (κ3) is 4.42. The van der Waals surface area contributed by atoms with Crippen molar-refractivity contribution in [3.05, 3.63) is 64.5 Å². The molecule has 1 atom stereocenters. The van der Waals surface area contributed by atoms with Crippen molar-refractivity contribution < 1.29 is 28.2 Å². The first-order valence-electron chi connectivity index (χ1n) is 12.4. The van der Waals surface area contributed by atoms with E-state index in [1.165, 1.54) is 13.2 Å². The number of ether oxygens (including phenoxy) is 1. The van der Waals surface area contributed by atoms with Crippen molar-refractivity contribution >= 4 is 23.1 Å². The highest BCUT2D eigenvalue weighted by molar-refractivity contribution is 5.83. The lowest BCUT2D eigenvalue weighted by atomic mass is 9.88. The summed E-state index contributed by atoms with van der Waals surface area (Å²) in [4.78, 5) is 31.2. The number of aliphatic carboxylic acids is 1. The van der Waals surface area contributed by atoms with Crippen molar-refractivity contribution in [2.75, 3.05) is 13.7 Å². The molecule has 0 radical (unpaired) electrons. The number of carbonyl (C=O) groups is 2. The Balaban J connectivity index is 1.62. The van der Waals surface area contributed by atoms with Crippen LogP contribution in [0.5, 0.6) is 0 Å². The minimum absolute atomic E-state index is 0.0439. The lowest BCUT2D eigenvalue weighted by Crippen LogP contribution is -2.35. The van der Waals surface area contributed by atoms with Crippen molar-refractivity contribution in [3.63, 3.8) is 0 Å². The molecule has 1 aliphatic heterocycles. The number of hydrogen-bond acceptors (Lipinski definition) is 4. The standard InChI is InChI=1S/C27H29F2N3O4/c1-36-27(35)31-12-11-16-8-10-23-24(19(16)14-31)30-25(17-5-3-2-4-6-17)32(23)15-20(26(33)34)18-7-9-21(28)22(29)13-18/h7-10,13,17,20H,2-6,11-12,14-15H2,1H3,(H,33,34)/t20-/m0/s1. The van der Waals surface area contributed by atoms with E-state index in [1.54, 1.807) is 4.90 Å². The van der Waals surface area contributed by atoms with Gasteiger partial charge < -0.3 is 19.3 Å². The number of benzene rings is 2. The molecule has 2 heterocycles. The molecular weight excluding hydrogens is 468 g/mol. The van der Waals surface area contributed by atoms with Crippen LogP contribution in [0.4, 0.5) is 13.6 Å². The molecule has 1 N–H and O–H groups in total. The monoisotopic (exact) mass is 497 g/mol. The van der Waals surface area contributed by atoms with Crippen LogP contribution >= 0.6 is 0 Å². The Hall–Kier alpha value is -3.49. The van der Waals surface area contributed by atoms with Gasteiger partial charge in [0.2, 0.25) is 0 Å². The van der Waals surface area contributed by atoms with Crippen molar-refractivity contribution in [2.45, 2.75) is 63.5 Å². The molecule has 9 heteroatoms. The summed E-state index contributed by atoms with van der Waals surface area (Å²) in [6.45, 7) is 0.965. The molecule has 190 valence electrons. The third-order valence-electron chi connectivity index (χ3n) is 7.56. The molecule has 2 aromatic carbocycles. The van der Waals surface area contributed by atoms with Gasteiger partial charge in [0.1, 0.15) is 5.82 Å². The molecule has 1 aliphatic carbocycles. The number of amides is 1. The van der Waals surface area contributed by atoms with Crippen LogP contribution in [0.25, 0.3) is 11.0 Å². The van der Waals surface area contributed by atoms with Gasteiger partial charge >= 0.3 is 12.1 Å². The molecule has 36 heavy (non-hydrogen) atoms. The lowest BCUT2D eigenvalue weighted by molar-refractivity contribution is -0.139. The molecule has 1 amide bonds. The minimum atomic E-state index is -1.12. The maximum atomic E-state index is 14.0. The summed E-state index contributed by atoms with van der Waals surface area (Å²) < 4.78 is 34.4. The average molecular weight is 498 g/mol. The van der Waals surface area contributed by atoms with Crippen LogP contribution in [0, 0.1) is 11.6 Å². The van der Waals surface area contributed by atoms with E-state index in [-0.39, 0.29) is 18.0 Å². The predicted molar refractivity (Wildman–Crippen MR) is 129 cm³/mol. The van der Waals surface area contributed by atoms with Gasteiger partial charge in [-0.2, -0.15) is 0 Å². The van der Waals surface area contributed by atoms with Crippen LogP contribution < -0.4 is 0 Å². The van der Waals surface area contributed by atoms with Crippen molar-refractivity contribution in [1.29, 1.82) is 0 Å². The molecule has 2 aliphatic rings. The van der Waals surface area contributed by atoms with E-state index in [0.717, 1.165) is 72.2 Å². The second kappa shape index (κ2) is 9.87. The van der Waals surface area contributed by atoms with Crippen molar-refractivity contribution in [2.24, 2.45) is 0 Å². The Bertz CT molecular complexity index is 1320. The summed E-state index contributed by atoms with van der Waals surface area (Å²) in [5.74, 6) is -3.28. The Morgan fingerprint density at radius 2 is 1.92 bits per heavy atom. The van der Waals surface area contributed by atoms with Crippen LogP contribution in [0.2, 0.25) is 0 Å². The number of methoxy groups -OCH3 is 1. The molecule has 0 bridgehead atoms. The zero-order chi connectivity index (χ0) is 25.4. The number of nitrogens with zero attached hydrogens (tertiary/aromatic N) is 3. The van der Waals surface area contributed by atoms with E-state index >= 15 is 0 Å².